The lowest BCUT2D eigenvalue weighted by Crippen LogP contribution is -2.29. The van der Waals surface area contributed by atoms with E-state index in [2.05, 4.69) is 24.0 Å². The van der Waals surface area contributed by atoms with Crippen LogP contribution < -0.4 is 5.32 Å². The zero-order valence-corrected chi connectivity index (χ0v) is 13.0. The summed E-state index contributed by atoms with van der Waals surface area (Å²) in [5.41, 5.74) is 4.47. The van der Waals surface area contributed by atoms with Crippen molar-refractivity contribution in [3.63, 3.8) is 0 Å². The monoisotopic (exact) mass is 323 g/mol. The fourth-order valence-electron chi connectivity index (χ4n) is 2.90. The fourth-order valence-corrected chi connectivity index (χ4v) is 2.90. The zero-order valence-electron chi connectivity index (χ0n) is 13.0. The molecule has 0 saturated heterocycles. The highest BCUT2D eigenvalue weighted by atomic mass is 16.5. The molecule has 0 aliphatic heterocycles. The summed E-state index contributed by atoms with van der Waals surface area (Å²) in [7, 11) is 0. The molecule has 2 aromatic rings. The molecule has 0 spiro atoms. The van der Waals surface area contributed by atoms with Crippen LogP contribution in [0.15, 0.2) is 60.7 Å². The molecule has 1 amide bonds. The SMILES string of the molecule is C=C(CNC(=O)OCC1c2ccccc2-c2ccccc21)C(=O)O. The van der Waals surface area contributed by atoms with Gasteiger partial charge < -0.3 is 15.2 Å². The Hall–Kier alpha value is -3.08. The van der Waals surface area contributed by atoms with Crippen LogP contribution in [0.3, 0.4) is 0 Å². The normalized spacial score (nSPS) is 12.2. The van der Waals surface area contributed by atoms with E-state index in [1.54, 1.807) is 0 Å². The van der Waals surface area contributed by atoms with Crippen molar-refractivity contribution < 1.29 is 19.4 Å². The lowest BCUT2D eigenvalue weighted by Gasteiger charge is -2.14. The largest absolute Gasteiger partial charge is 0.478 e. The van der Waals surface area contributed by atoms with E-state index in [1.165, 1.54) is 0 Å². The Labute approximate surface area is 139 Å². The van der Waals surface area contributed by atoms with Gasteiger partial charge in [0.05, 0.1) is 6.54 Å². The molecule has 2 N–H and O–H groups in total. The molecule has 1 aliphatic carbocycles. The van der Waals surface area contributed by atoms with Crippen molar-refractivity contribution in [2.75, 3.05) is 13.2 Å². The Morgan fingerprint density at radius 3 is 2.12 bits per heavy atom. The van der Waals surface area contributed by atoms with Crippen LogP contribution in [-0.2, 0) is 9.53 Å². The van der Waals surface area contributed by atoms with Crippen LogP contribution in [0.4, 0.5) is 4.79 Å². The van der Waals surface area contributed by atoms with E-state index >= 15 is 0 Å². The summed E-state index contributed by atoms with van der Waals surface area (Å²) >= 11 is 0. The van der Waals surface area contributed by atoms with Gasteiger partial charge in [-0.2, -0.15) is 0 Å². The van der Waals surface area contributed by atoms with Gasteiger partial charge in [0.25, 0.3) is 0 Å². The number of carbonyl (C=O) groups is 2. The van der Waals surface area contributed by atoms with Crippen molar-refractivity contribution in [1.29, 1.82) is 0 Å². The van der Waals surface area contributed by atoms with E-state index in [0.29, 0.717) is 0 Å². The zero-order chi connectivity index (χ0) is 17.1. The van der Waals surface area contributed by atoms with Crippen LogP contribution >= 0.6 is 0 Å². The third kappa shape index (κ3) is 3.01. The third-order valence-electron chi connectivity index (χ3n) is 4.09. The molecule has 1 aliphatic rings. The molecule has 0 unspecified atom stereocenters. The van der Waals surface area contributed by atoms with E-state index in [0.717, 1.165) is 22.3 Å². The van der Waals surface area contributed by atoms with Gasteiger partial charge >= 0.3 is 12.1 Å². The highest BCUT2D eigenvalue weighted by Gasteiger charge is 2.28. The first-order valence-corrected chi connectivity index (χ1v) is 7.58. The van der Waals surface area contributed by atoms with Gasteiger partial charge in [-0.1, -0.05) is 55.1 Å². The molecular weight excluding hydrogens is 306 g/mol. The van der Waals surface area contributed by atoms with Crippen molar-refractivity contribution in [1.82, 2.24) is 5.32 Å². The van der Waals surface area contributed by atoms with Gasteiger partial charge in [-0.3, -0.25) is 0 Å². The Morgan fingerprint density at radius 2 is 1.58 bits per heavy atom. The second-order valence-electron chi connectivity index (χ2n) is 5.59. The average molecular weight is 323 g/mol. The molecule has 5 heteroatoms. The van der Waals surface area contributed by atoms with Gasteiger partial charge in [0.2, 0.25) is 0 Å². The van der Waals surface area contributed by atoms with E-state index in [-0.39, 0.29) is 24.6 Å². The average Bonchev–Trinajstić information content (AvgIpc) is 2.92. The molecule has 0 bridgehead atoms. The molecule has 5 nitrogen and oxygen atoms in total. The summed E-state index contributed by atoms with van der Waals surface area (Å²) in [5.74, 6) is -1.17. The lowest BCUT2D eigenvalue weighted by molar-refractivity contribution is -0.132. The minimum Gasteiger partial charge on any atom is -0.478 e. The van der Waals surface area contributed by atoms with Crippen molar-refractivity contribution in [3.8, 4) is 11.1 Å². The summed E-state index contributed by atoms with van der Waals surface area (Å²) in [4.78, 5) is 22.4. The van der Waals surface area contributed by atoms with Crippen molar-refractivity contribution in [2.24, 2.45) is 0 Å². The molecule has 0 heterocycles. The lowest BCUT2D eigenvalue weighted by atomic mass is 9.98. The van der Waals surface area contributed by atoms with Gasteiger partial charge in [-0.25, -0.2) is 9.59 Å². The Balaban J connectivity index is 1.68. The number of amides is 1. The number of aliphatic carboxylic acids is 1. The maximum atomic E-state index is 11.8. The second kappa shape index (κ2) is 6.58. The van der Waals surface area contributed by atoms with Crippen LogP contribution in [-0.4, -0.2) is 30.3 Å². The first-order chi connectivity index (χ1) is 11.6. The maximum absolute atomic E-state index is 11.8. The Kier molecular flexibility index (Phi) is 4.33. The molecule has 3 rings (SSSR count). The number of fused-ring (bicyclic) bond motifs is 3. The fraction of sp³-hybridized carbons (Fsp3) is 0.158. The summed E-state index contributed by atoms with van der Waals surface area (Å²) in [6, 6.07) is 16.1. The minimum absolute atomic E-state index is 0.0224. The van der Waals surface area contributed by atoms with Crippen LogP contribution in [0.5, 0.6) is 0 Å². The van der Waals surface area contributed by atoms with Crippen LogP contribution in [0.25, 0.3) is 11.1 Å². The molecule has 0 atom stereocenters. The van der Waals surface area contributed by atoms with Crippen molar-refractivity contribution in [3.05, 3.63) is 71.8 Å². The van der Waals surface area contributed by atoms with Gasteiger partial charge in [-0.15, -0.1) is 0 Å². The quantitative estimate of drug-likeness (QED) is 0.829. The van der Waals surface area contributed by atoms with Gasteiger partial charge in [0.1, 0.15) is 6.61 Å². The van der Waals surface area contributed by atoms with Crippen molar-refractivity contribution in [2.45, 2.75) is 5.92 Å². The minimum atomic E-state index is -1.14. The first-order valence-electron chi connectivity index (χ1n) is 7.58. The van der Waals surface area contributed by atoms with Gasteiger partial charge in [-0.05, 0) is 22.3 Å². The topological polar surface area (TPSA) is 75.6 Å². The second-order valence-corrected chi connectivity index (χ2v) is 5.59. The number of ether oxygens (including phenoxy) is 1. The molecule has 24 heavy (non-hydrogen) atoms. The molecular formula is C19H17NO4. The number of rotatable bonds is 5. The van der Waals surface area contributed by atoms with Gasteiger partial charge in [0.15, 0.2) is 0 Å². The van der Waals surface area contributed by atoms with Crippen LogP contribution in [0.1, 0.15) is 17.0 Å². The smallest absolute Gasteiger partial charge is 0.407 e. The highest BCUT2D eigenvalue weighted by molar-refractivity contribution is 5.87. The summed E-state index contributed by atoms with van der Waals surface area (Å²) in [5, 5.41) is 11.1. The molecule has 2 aromatic carbocycles. The molecule has 122 valence electrons. The number of carboxylic acids is 1. The summed E-state index contributed by atoms with van der Waals surface area (Å²) < 4.78 is 5.29. The highest BCUT2D eigenvalue weighted by Crippen LogP contribution is 2.44. The van der Waals surface area contributed by atoms with Crippen molar-refractivity contribution >= 4 is 12.1 Å². The number of hydrogen-bond acceptors (Lipinski definition) is 3. The Bertz CT molecular complexity index is 767. The predicted octanol–water partition coefficient (Wildman–Crippen LogP) is 3.17. The van der Waals surface area contributed by atoms with E-state index in [1.807, 2.05) is 36.4 Å². The third-order valence-corrected chi connectivity index (χ3v) is 4.09. The molecule has 0 saturated carbocycles. The van der Waals surface area contributed by atoms with Crippen LogP contribution in [0.2, 0.25) is 0 Å². The van der Waals surface area contributed by atoms with Gasteiger partial charge in [0, 0.05) is 11.5 Å². The Morgan fingerprint density at radius 1 is 1.04 bits per heavy atom. The molecule has 0 aromatic heterocycles. The summed E-state index contributed by atoms with van der Waals surface area (Å²) in [6.45, 7) is 3.40. The van der Waals surface area contributed by atoms with E-state index in [4.69, 9.17) is 9.84 Å². The van der Waals surface area contributed by atoms with E-state index < -0.39 is 12.1 Å². The molecule has 0 fully saturated rings. The number of benzene rings is 2. The maximum Gasteiger partial charge on any atom is 0.407 e. The standard InChI is InChI=1S/C19H17NO4/c1-12(18(21)22)10-20-19(23)24-11-17-15-8-4-2-6-13(15)14-7-3-5-9-16(14)17/h2-9,17H,1,10-11H2,(H,20,23)(H,21,22). The first kappa shape index (κ1) is 15.8. The van der Waals surface area contributed by atoms with Crippen LogP contribution in [0, 0.1) is 0 Å². The summed E-state index contributed by atoms with van der Waals surface area (Å²) in [6.07, 6.45) is -0.653. The number of nitrogens with one attached hydrogen (secondary N) is 1. The predicted molar refractivity (Wildman–Crippen MR) is 89.8 cm³/mol. The number of carbonyl (C=O) groups excluding carboxylic acids is 1. The molecule has 0 radical (unpaired) electrons. The number of alkyl carbamates (subject to hydrolysis) is 1. The number of hydrogen-bond donors (Lipinski definition) is 2. The van der Waals surface area contributed by atoms with E-state index in [9.17, 15) is 9.59 Å². The number of carboxylic acid groups (broad SMARTS) is 1.